The zero-order valence-corrected chi connectivity index (χ0v) is 15.1. The van der Waals surface area contributed by atoms with E-state index < -0.39 is 36.8 Å². The number of carbonyl (C=O) groups excluding carboxylic acids is 4. The van der Waals surface area contributed by atoms with Gasteiger partial charge in [-0.25, -0.2) is 0 Å². The molecule has 0 aromatic heterocycles. The highest BCUT2D eigenvalue weighted by atomic mass is 16.5. The largest absolute Gasteiger partial charge is 0.497 e. The maximum atomic E-state index is 12.2. The first-order chi connectivity index (χ1) is 13.5. The monoisotopic (exact) mass is 382 g/mol. The molecule has 0 saturated carbocycles. The van der Waals surface area contributed by atoms with Crippen molar-refractivity contribution >= 4 is 23.7 Å². The Kier molecular flexibility index (Phi) is 5.69. The molecule has 0 saturated heterocycles. The molecule has 8 nitrogen and oxygen atoms in total. The highest BCUT2D eigenvalue weighted by Crippen LogP contribution is 2.22. The summed E-state index contributed by atoms with van der Waals surface area (Å²) in [4.78, 5) is 49.0. The third kappa shape index (κ3) is 4.17. The van der Waals surface area contributed by atoms with Crippen LogP contribution < -0.4 is 10.1 Å². The van der Waals surface area contributed by atoms with Crippen LogP contribution in [0.5, 0.6) is 5.75 Å². The van der Waals surface area contributed by atoms with Crippen molar-refractivity contribution in [2.24, 2.45) is 0 Å². The first-order valence-corrected chi connectivity index (χ1v) is 8.50. The summed E-state index contributed by atoms with van der Waals surface area (Å²) in [6.07, 6.45) is 0. The predicted molar refractivity (Wildman–Crippen MR) is 97.6 cm³/mol. The summed E-state index contributed by atoms with van der Waals surface area (Å²) in [7, 11) is 1.56. The molecule has 2 aromatic rings. The number of fused-ring (bicyclic) bond motifs is 1. The van der Waals surface area contributed by atoms with E-state index in [1.165, 1.54) is 12.1 Å². The molecule has 8 heteroatoms. The second-order valence-electron chi connectivity index (χ2n) is 6.03. The maximum Gasteiger partial charge on any atom is 0.326 e. The second kappa shape index (κ2) is 8.34. The van der Waals surface area contributed by atoms with Crippen molar-refractivity contribution in [1.29, 1.82) is 0 Å². The van der Waals surface area contributed by atoms with E-state index in [4.69, 9.17) is 9.47 Å². The van der Waals surface area contributed by atoms with Crippen molar-refractivity contribution in [3.63, 3.8) is 0 Å². The molecule has 0 radical (unpaired) electrons. The molecule has 0 unspecified atom stereocenters. The molecule has 1 aliphatic rings. The number of amides is 3. The van der Waals surface area contributed by atoms with Crippen molar-refractivity contribution in [2.75, 3.05) is 20.3 Å². The number of benzene rings is 2. The maximum absolute atomic E-state index is 12.2. The minimum absolute atomic E-state index is 0.248. The van der Waals surface area contributed by atoms with Crippen molar-refractivity contribution < 1.29 is 28.7 Å². The van der Waals surface area contributed by atoms with E-state index in [9.17, 15) is 19.2 Å². The van der Waals surface area contributed by atoms with E-state index in [0.29, 0.717) is 5.75 Å². The van der Waals surface area contributed by atoms with Crippen LogP contribution in [-0.2, 0) is 20.9 Å². The first kappa shape index (κ1) is 19.1. The third-order valence-electron chi connectivity index (χ3n) is 4.18. The van der Waals surface area contributed by atoms with Crippen molar-refractivity contribution in [2.45, 2.75) is 6.54 Å². The number of ether oxygens (including phenoxy) is 2. The lowest BCUT2D eigenvalue weighted by Crippen LogP contribution is -2.37. The number of nitrogens with one attached hydrogen (secondary N) is 1. The predicted octanol–water partition coefficient (Wildman–Crippen LogP) is 1.15. The van der Waals surface area contributed by atoms with Crippen LogP contribution >= 0.6 is 0 Å². The van der Waals surface area contributed by atoms with Crippen LogP contribution in [-0.4, -0.2) is 48.9 Å². The number of nitrogens with zero attached hydrogens (tertiary/aromatic N) is 1. The third-order valence-corrected chi connectivity index (χ3v) is 4.18. The van der Waals surface area contributed by atoms with E-state index in [1.54, 1.807) is 43.5 Å². The Morgan fingerprint density at radius 1 is 0.964 bits per heavy atom. The standard InChI is InChI=1S/C20H18N2O6/c1-27-14-8-6-13(7-9-14)10-21-17(23)12-28-18(24)11-22-19(25)15-4-2-3-5-16(15)20(22)26/h2-9H,10-12H2,1H3,(H,21,23). The number of carbonyl (C=O) groups is 4. The Balaban J connectivity index is 1.45. The smallest absolute Gasteiger partial charge is 0.326 e. The van der Waals surface area contributed by atoms with Gasteiger partial charge in [-0.05, 0) is 29.8 Å². The topological polar surface area (TPSA) is 102 Å². The number of rotatable bonds is 7. The number of hydrogen-bond acceptors (Lipinski definition) is 6. The molecule has 1 heterocycles. The number of imide groups is 1. The van der Waals surface area contributed by atoms with Crippen LogP contribution in [0.3, 0.4) is 0 Å². The molecule has 1 aliphatic heterocycles. The molecular formula is C20H18N2O6. The van der Waals surface area contributed by atoms with Crippen LogP contribution in [0.15, 0.2) is 48.5 Å². The number of hydrogen-bond donors (Lipinski definition) is 1. The van der Waals surface area contributed by atoms with Crippen molar-refractivity contribution in [3.05, 3.63) is 65.2 Å². The lowest BCUT2D eigenvalue weighted by molar-refractivity contribution is -0.148. The van der Waals surface area contributed by atoms with Crippen LogP contribution in [0.2, 0.25) is 0 Å². The van der Waals surface area contributed by atoms with Gasteiger partial charge in [-0.1, -0.05) is 24.3 Å². The van der Waals surface area contributed by atoms with E-state index in [0.717, 1.165) is 10.5 Å². The fraction of sp³-hybridized carbons (Fsp3) is 0.200. The minimum Gasteiger partial charge on any atom is -0.497 e. The summed E-state index contributed by atoms with van der Waals surface area (Å²) in [5, 5.41) is 2.61. The Morgan fingerprint density at radius 2 is 1.57 bits per heavy atom. The number of methoxy groups -OCH3 is 1. The van der Waals surface area contributed by atoms with E-state index in [-0.39, 0.29) is 17.7 Å². The number of esters is 1. The summed E-state index contributed by atoms with van der Waals surface area (Å²) >= 11 is 0. The normalized spacial score (nSPS) is 12.5. The van der Waals surface area contributed by atoms with Crippen molar-refractivity contribution in [3.8, 4) is 5.75 Å². The van der Waals surface area contributed by atoms with Gasteiger partial charge < -0.3 is 14.8 Å². The van der Waals surface area contributed by atoms with E-state index >= 15 is 0 Å². The van der Waals surface area contributed by atoms with Gasteiger partial charge in [-0.3, -0.25) is 24.1 Å². The fourth-order valence-electron chi connectivity index (χ4n) is 2.70. The SMILES string of the molecule is COc1ccc(CNC(=O)COC(=O)CN2C(=O)c3ccccc3C2=O)cc1. The quantitative estimate of drug-likeness (QED) is 0.569. The van der Waals surface area contributed by atoms with E-state index in [2.05, 4.69) is 5.32 Å². The average Bonchev–Trinajstić information content (AvgIpc) is 2.96. The fourth-order valence-corrected chi connectivity index (χ4v) is 2.70. The highest BCUT2D eigenvalue weighted by Gasteiger charge is 2.36. The Morgan fingerprint density at radius 3 is 2.14 bits per heavy atom. The molecule has 1 N–H and O–H groups in total. The van der Waals surface area contributed by atoms with Gasteiger partial charge in [-0.15, -0.1) is 0 Å². The van der Waals surface area contributed by atoms with Gasteiger partial charge >= 0.3 is 5.97 Å². The van der Waals surface area contributed by atoms with Gasteiger partial charge in [0, 0.05) is 6.54 Å². The van der Waals surface area contributed by atoms with Gasteiger partial charge in [0.2, 0.25) is 0 Å². The molecule has 3 rings (SSSR count). The molecule has 0 spiro atoms. The molecular weight excluding hydrogens is 364 g/mol. The molecule has 3 amide bonds. The molecule has 28 heavy (non-hydrogen) atoms. The molecule has 144 valence electrons. The molecule has 0 atom stereocenters. The van der Waals surface area contributed by atoms with Crippen LogP contribution in [0.4, 0.5) is 0 Å². The zero-order valence-electron chi connectivity index (χ0n) is 15.1. The lowest BCUT2D eigenvalue weighted by Gasteiger charge is -2.13. The highest BCUT2D eigenvalue weighted by molar-refractivity contribution is 6.22. The molecule has 0 aliphatic carbocycles. The lowest BCUT2D eigenvalue weighted by atomic mass is 10.1. The van der Waals surface area contributed by atoms with Gasteiger partial charge in [0.1, 0.15) is 12.3 Å². The summed E-state index contributed by atoms with van der Waals surface area (Å²) in [5.41, 5.74) is 1.35. The van der Waals surface area contributed by atoms with Crippen LogP contribution in [0, 0.1) is 0 Å². The second-order valence-corrected chi connectivity index (χ2v) is 6.03. The van der Waals surface area contributed by atoms with Gasteiger partial charge in [-0.2, -0.15) is 0 Å². The first-order valence-electron chi connectivity index (χ1n) is 8.50. The Labute approximate surface area is 161 Å². The molecule has 0 bridgehead atoms. The zero-order chi connectivity index (χ0) is 20.1. The minimum atomic E-state index is -0.839. The van der Waals surface area contributed by atoms with E-state index in [1.807, 2.05) is 0 Å². The summed E-state index contributed by atoms with van der Waals surface area (Å²) < 4.78 is 9.92. The summed E-state index contributed by atoms with van der Waals surface area (Å²) in [5.74, 6) is -1.74. The Bertz CT molecular complexity index is 888. The Hall–Kier alpha value is -3.68. The molecule has 2 aromatic carbocycles. The van der Waals surface area contributed by atoms with Crippen molar-refractivity contribution in [1.82, 2.24) is 10.2 Å². The van der Waals surface area contributed by atoms with Gasteiger partial charge in [0.15, 0.2) is 6.61 Å². The molecule has 0 fully saturated rings. The average molecular weight is 382 g/mol. The van der Waals surface area contributed by atoms with Gasteiger partial charge in [0.25, 0.3) is 17.7 Å². The van der Waals surface area contributed by atoms with Gasteiger partial charge in [0.05, 0.1) is 18.2 Å². The summed E-state index contributed by atoms with van der Waals surface area (Å²) in [6.45, 7) is -0.783. The summed E-state index contributed by atoms with van der Waals surface area (Å²) in [6, 6.07) is 13.5. The van der Waals surface area contributed by atoms with Crippen LogP contribution in [0.1, 0.15) is 26.3 Å². The van der Waals surface area contributed by atoms with Crippen LogP contribution in [0.25, 0.3) is 0 Å².